The zero-order valence-electron chi connectivity index (χ0n) is 52.9. The van der Waals surface area contributed by atoms with Crippen molar-refractivity contribution in [3.63, 3.8) is 0 Å². The number of Topliss-reactive ketones (excluding diaryl/α,β-unsaturated/α-hetero) is 1. The molecule has 502 valence electrons. The Morgan fingerprint density at radius 3 is 1.05 bits per heavy atom. The van der Waals surface area contributed by atoms with Gasteiger partial charge >= 0.3 is 23.1 Å². The summed E-state index contributed by atoms with van der Waals surface area (Å²) in [6.07, 6.45) is 34.2. The number of halogens is 13. The van der Waals surface area contributed by atoms with E-state index in [9.17, 15) is 72.2 Å². The predicted octanol–water partition coefficient (Wildman–Crippen LogP) is 17.7. The number of hydrogen-bond donors (Lipinski definition) is 1. The van der Waals surface area contributed by atoms with Gasteiger partial charge in [0.05, 0.1) is 6.10 Å². The van der Waals surface area contributed by atoms with E-state index < -0.39 is 69.8 Å². The minimum absolute atomic E-state index is 0. The molecule has 0 bridgehead atoms. The second-order valence-electron chi connectivity index (χ2n) is 26.1. The molecule has 4 nitrogen and oxygen atoms in total. The van der Waals surface area contributed by atoms with Crippen molar-refractivity contribution in [2.75, 3.05) is 13.3 Å². The molecular weight excluding hydrogens is 1250 g/mol. The van der Waals surface area contributed by atoms with Gasteiger partial charge in [-0.1, -0.05) is 38.5 Å². The summed E-state index contributed by atoms with van der Waals surface area (Å²) in [5, 5.41) is 10.3. The van der Waals surface area contributed by atoms with Crippen molar-refractivity contribution >= 4 is 50.0 Å². The monoisotopic (exact) mass is 1340 g/mol. The van der Waals surface area contributed by atoms with Crippen molar-refractivity contribution in [2.45, 2.75) is 229 Å². The van der Waals surface area contributed by atoms with Crippen LogP contribution in [-0.2, 0) is 14.4 Å². The Balaban J connectivity index is 0.000000248. The van der Waals surface area contributed by atoms with Crippen LogP contribution in [0.2, 0.25) is 0 Å². The molecule has 7 saturated carbocycles. The van der Waals surface area contributed by atoms with Crippen molar-refractivity contribution in [1.29, 1.82) is 0 Å². The van der Waals surface area contributed by atoms with Crippen molar-refractivity contribution < 1.29 is 84.6 Å². The molecule has 0 heterocycles. The van der Waals surface area contributed by atoms with Gasteiger partial charge in [-0.25, -0.2) is 52.7 Å². The van der Waals surface area contributed by atoms with Crippen LogP contribution in [0.3, 0.4) is 0 Å². The molecule has 1 unspecified atom stereocenters. The maximum atomic E-state index is 13.4. The third-order valence-electron chi connectivity index (χ3n) is 19.7. The average Bonchev–Trinajstić information content (AvgIpc) is 1.67. The van der Waals surface area contributed by atoms with Crippen LogP contribution in [0.5, 0.6) is 0 Å². The third kappa shape index (κ3) is 25.2. The van der Waals surface area contributed by atoms with Gasteiger partial charge in [0.15, 0.2) is 69.8 Å². The first kappa shape index (κ1) is 79.9. The fourth-order valence-electron chi connectivity index (χ4n) is 14.4. The number of aliphatic hydroxyl groups is 1. The molecule has 0 saturated heterocycles. The van der Waals surface area contributed by atoms with E-state index >= 15 is 0 Å². The van der Waals surface area contributed by atoms with Crippen LogP contribution < -0.4 is 12.4 Å². The summed E-state index contributed by atoms with van der Waals surface area (Å²) < 4.78 is 158. The van der Waals surface area contributed by atoms with Gasteiger partial charge in [-0.3, -0.25) is 4.79 Å². The number of ketones is 1. The SMILES string of the molecule is CPC.O=C(CC1CCC(c2cc(F)c(F)c(F)c2)CC1)C1CCCC1.O=CC1CCC(c2cc(F)c(F)c(F)c2)CC1.O=CCC1CCC(c2cc(F)c(F)c(F)c2)CC1.OC(CC1CCC(c2cc(F)c(F)c(F)c2)CC1)C1CCCC1.[CH-]1CCCC1.[Cl-].[Mg+2]. The van der Waals surface area contributed by atoms with E-state index in [1.54, 1.807) is 0 Å². The van der Waals surface area contributed by atoms with Crippen LogP contribution in [0.25, 0.3) is 0 Å². The number of carbonyl (C=O) groups is 3. The Morgan fingerprint density at radius 1 is 0.462 bits per heavy atom. The van der Waals surface area contributed by atoms with Crippen LogP contribution in [0.1, 0.15) is 245 Å². The van der Waals surface area contributed by atoms with Gasteiger partial charge < -0.3 is 33.5 Å². The molecule has 4 aromatic rings. The van der Waals surface area contributed by atoms with Crippen LogP contribution in [0.4, 0.5) is 52.7 Å². The number of aldehydes is 2. The molecule has 91 heavy (non-hydrogen) atoms. The fourth-order valence-corrected chi connectivity index (χ4v) is 14.4. The molecule has 1 N–H and O–H groups in total. The standard InChI is InChI=1S/C19H25F3O.C19H23F3O.C14H15F3O.C13H13F3O.C5H9.C2H7P.ClH.Mg/c2*20-16-10-15(11-17(21)19(16)22)13-7-5-12(6-8-13)9-18(23)14-3-1-2-4-14;15-12-7-11(8-13(16)14(12)17)10-3-1-9(2-4-10)5-6-18;14-11-5-10(6-12(15)13(11)16)9-3-1-8(7-17)2-4-9;1-2-4-5-3-1;1-3-2;;/h10-14,18,23H,1-9H2;10-14H,1-9H2;6-10H,1-5H2;5-9H,1-4H2;1H,2-5H2;3H,1-2H3;1H;/q;;;;-1;;;+2/p-1. The second-order valence-corrected chi connectivity index (χ2v) is 27.1. The molecule has 4 aromatic carbocycles. The molecule has 7 aliphatic rings. The maximum Gasteiger partial charge on any atom is 2.00 e. The number of carbonyl (C=O) groups excluding carboxylic acids is 3. The van der Waals surface area contributed by atoms with Gasteiger partial charge in [-0.05, 0) is 266 Å². The number of aliphatic hydroxyl groups excluding tert-OH is 1. The average molecular weight is 1340 g/mol. The number of rotatable bonds is 13. The summed E-state index contributed by atoms with van der Waals surface area (Å²) in [6, 6.07) is 8.80. The summed E-state index contributed by atoms with van der Waals surface area (Å²) in [6.45, 7) is 4.31. The van der Waals surface area contributed by atoms with Crippen molar-refractivity contribution in [3.8, 4) is 0 Å². The first-order valence-corrected chi connectivity index (χ1v) is 34.8. The smallest absolute Gasteiger partial charge is 1.00 e. The van der Waals surface area contributed by atoms with Crippen molar-refractivity contribution in [3.05, 3.63) is 147 Å². The molecule has 7 fully saturated rings. The van der Waals surface area contributed by atoms with Gasteiger partial charge in [-0.15, -0.1) is 8.58 Å². The van der Waals surface area contributed by atoms with E-state index in [1.807, 2.05) is 0 Å². The minimum Gasteiger partial charge on any atom is -1.00 e. The molecule has 1 atom stereocenters. The Kier molecular flexibility index (Phi) is 36.4. The molecule has 0 radical (unpaired) electrons. The van der Waals surface area contributed by atoms with E-state index in [1.165, 1.54) is 51.4 Å². The Labute approximate surface area is 556 Å². The number of benzene rings is 4. The zero-order chi connectivity index (χ0) is 64.6. The summed E-state index contributed by atoms with van der Waals surface area (Å²) in [5.41, 5.74) is 2.12. The third-order valence-corrected chi connectivity index (χ3v) is 19.7. The van der Waals surface area contributed by atoms with Gasteiger partial charge in [0.1, 0.15) is 18.4 Å². The number of hydrogen-bond acceptors (Lipinski definition) is 4. The molecule has 0 spiro atoms. The topological polar surface area (TPSA) is 71.4 Å². The van der Waals surface area contributed by atoms with E-state index in [0.29, 0.717) is 77.4 Å². The maximum absolute atomic E-state index is 13.4. The quantitative estimate of drug-likeness (QED) is 0.0362. The first-order valence-electron chi connectivity index (χ1n) is 32.8. The van der Waals surface area contributed by atoms with Crippen molar-refractivity contribution in [1.82, 2.24) is 0 Å². The van der Waals surface area contributed by atoms with Crippen LogP contribution >= 0.6 is 8.58 Å². The minimum atomic E-state index is -1.42. The zero-order valence-corrected chi connectivity index (χ0v) is 56.1. The molecule has 11 rings (SSSR count). The normalized spacial score (nSPS) is 24.3. The van der Waals surface area contributed by atoms with Gasteiger partial charge in [-0.2, -0.15) is 12.8 Å². The Bertz CT molecular complexity index is 2720. The summed E-state index contributed by atoms with van der Waals surface area (Å²) in [7, 11) is 1.08. The molecular formula is C72H92ClF12MgO4P. The van der Waals surface area contributed by atoms with Gasteiger partial charge in [0, 0.05) is 24.7 Å². The van der Waals surface area contributed by atoms with Crippen LogP contribution in [0, 0.1) is 112 Å². The van der Waals surface area contributed by atoms with E-state index in [-0.39, 0.29) is 77.1 Å². The summed E-state index contributed by atoms with van der Waals surface area (Å²) >= 11 is 0. The Morgan fingerprint density at radius 2 is 0.758 bits per heavy atom. The Hall–Kier alpha value is -3.50. The first-order chi connectivity index (χ1) is 42.7. The predicted molar refractivity (Wildman–Crippen MR) is 334 cm³/mol. The van der Waals surface area contributed by atoms with Crippen LogP contribution in [-0.4, -0.2) is 65.9 Å². The van der Waals surface area contributed by atoms with Gasteiger partial charge in [0.2, 0.25) is 0 Å². The van der Waals surface area contributed by atoms with E-state index in [4.69, 9.17) is 0 Å². The molecule has 0 amide bonds. The molecule has 0 aromatic heterocycles. The second kappa shape index (κ2) is 41.5. The molecule has 19 heteroatoms. The van der Waals surface area contributed by atoms with Crippen LogP contribution in [0.15, 0.2) is 48.5 Å². The van der Waals surface area contributed by atoms with E-state index in [2.05, 4.69) is 19.8 Å². The van der Waals surface area contributed by atoms with E-state index in [0.717, 1.165) is 192 Å². The fraction of sp³-hybridized carbons (Fsp3) is 0.611. The van der Waals surface area contributed by atoms with Gasteiger partial charge in [0.25, 0.3) is 0 Å². The largest absolute Gasteiger partial charge is 2.00 e. The van der Waals surface area contributed by atoms with Crippen molar-refractivity contribution in [2.24, 2.45) is 35.5 Å². The summed E-state index contributed by atoms with van der Waals surface area (Å²) in [4.78, 5) is 33.2. The summed E-state index contributed by atoms with van der Waals surface area (Å²) in [5.74, 6) is -11.8. The molecule has 0 aliphatic heterocycles. The molecule has 7 aliphatic carbocycles.